The molecule has 0 radical (unpaired) electrons. The maximum atomic E-state index is 12.9. The predicted molar refractivity (Wildman–Crippen MR) is 136 cm³/mol. The van der Waals surface area contributed by atoms with Crippen molar-refractivity contribution in [3.63, 3.8) is 0 Å². The highest BCUT2D eigenvalue weighted by Crippen LogP contribution is 2.31. The summed E-state index contributed by atoms with van der Waals surface area (Å²) in [6.07, 6.45) is 1.51. The van der Waals surface area contributed by atoms with Gasteiger partial charge >= 0.3 is 0 Å². The summed E-state index contributed by atoms with van der Waals surface area (Å²) in [7, 11) is 1.62. The molecule has 0 bridgehead atoms. The number of aryl methyl sites for hydroxylation is 1. The van der Waals surface area contributed by atoms with E-state index in [1.165, 1.54) is 5.56 Å². The highest BCUT2D eigenvalue weighted by molar-refractivity contribution is 5.94. The third kappa shape index (κ3) is 4.57. The Morgan fingerprint density at radius 3 is 2.53 bits per heavy atom. The summed E-state index contributed by atoms with van der Waals surface area (Å²) in [6, 6.07) is 24.0. The summed E-state index contributed by atoms with van der Waals surface area (Å²) in [5.41, 5.74) is 4.90. The fourth-order valence-corrected chi connectivity index (χ4v) is 4.47. The van der Waals surface area contributed by atoms with Crippen molar-refractivity contribution < 1.29 is 9.53 Å². The average Bonchev–Trinajstić information content (AvgIpc) is 2.89. The molecule has 34 heavy (non-hydrogen) atoms. The van der Waals surface area contributed by atoms with Crippen molar-refractivity contribution in [1.29, 1.82) is 0 Å². The van der Waals surface area contributed by atoms with Crippen molar-refractivity contribution in [2.45, 2.75) is 19.8 Å². The minimum absolute atomic E-state index is 0.0425. The molecule has 1 N–H and O–H groups in total. The van der Waals surface area contributed by atoms with Gasteiger partial charge in [-0.15, -0.1) is 0 Å². The zero-order valence-corrected chi connectivity index (χ0v) is 19.5. The lowest BCUT2D eigenvalue weighted by molar-refractivity contribution is -0.120. The van der Waals surface area contributed by atoms with Crippen molar-refractivity contribution in [2.75, 3.05) is 30.4 Å². The molecule has 6 nitrogen and oxygen atoms in total. The number of ether oxygens (including phenoxy) is 1. The van der Waals surface area contributed by atoms with Crippen LogP contribution in [-0.4, -0.2) is 36.1 Å². The Balaban J connectivity index is 1.34. The molecule has 1 amide bonds. The summed E-state index contributed by atoms with van der Waals surface area (Å²) in [4.78, 5) is 24.9. The maximum absolute atomic E-state index is 12.9. The Hall–Kier alpha value is -3.93. The van der Waals surface area contributed by atoms with Crippen molar-refractivity contribution in [3.05, 3.63) is 78.4 Å². The highest BCUT2D eigenvalue weighted by Gasteiger charge is 2.27. The van der Waals surface area contributed by atoms with Gasteiger partial charge in [0.2, 0.25) is 11.9 Å². The first-order chi connectivity index (χ1) is 16.6. The number of rotatable bonds is 5. The van der Waals surface area contributed by atoms with Gasteiger partial charge in [-0.25, -0.2) is 9.97 Å². The number of piperidine rings is 1. The van der Waals surface area contributed by atoms with Crippen LogP contribution in [0.15, 0.2) is 72.8 Å². The quantitative estimate of drug-likeness (QED) is 0.435. The standard InChI is InChI=1S/C28H28N4O2/c1-19-11-12-25-24(17-19)26(20-7-4-3-5-8-20)31-28(30-25)32-15-13-21(14-16-32)27(33)29-22-9-6-10-23(18-22)34-2/h3-12,17-18,21H,13-16H2,1-2H3,(H,29,33). The van der Waals surface area contributed by atoms with E-state index in [-0.39, 0.29) is 11.8 Å². The van der Waals surface area contributed by atoms with Crippen LogP contribution in [0.2, 0.25) is 0 Å². The molecule has 2 heterocycles. The minimum atomic E-state index is -0.0425. The van der Waals surface area contributed by atoms with E-state index in [0.29, 0.717) is 0 Å². The molecule has 0 atom stereocenters. The third-order valence-corrected chi connectivity index (χ3v) is 6.37. The van der Waals surface area contributed by atoms with Gasteiger partial charge in [-0.1, -0.05) is 48.0 Å². The number of carbonyl (C=O) groups excluding carboxylic acids is 1. The van der Waals surface area contributed by atoms with Gasteiger partial charge in [0.15, 0.2) is 0 Å². The molecule has 1 aliphatic rings. The second kappa shape index (κ2) is 9.51. The minimum Gasteiger partial charge on any atom is -0.497 e. The maximum Gasteiger partial charge on any atom is 0.227 e. The Labute approximate surface area is 199 Å². The van der Waals surface area contributed by atoms with Crippen LogP contribution in [0.4, 0.5) is 11.6 Å². The van der Waals surface area contributed by atoms with Crippen molar-refractivity contribution >= 4 is 28.4 Å². The van der Waals surface area contributed by atoms with Gasteiger partial charge in [0.1, 0.15) is 5.75 Å². The molecule has 4 aromatic rings. The zero-order valence-electron chi connectivity index (χ0n) is 19.5. The van der Waals surface area contributed by atoms with Crippen LogP contribution < -0.4 is 15.0 Å². The molecule has 1 aromatic heterocycles. The van der Waals surface area contributed by atoms with E-state index in [1.807, 2.05) is 42.5 Å². The number of carbonyl (C=O) groups is 1. The number of aromatic nitrogens is 2. The van der Waals surface area contributed by atoms with E-state index in [2.05, 4.69) is 47.5 Å². The van der Waals surface area contributed by atoms with E-state index in [0.717, 1.165) is 65.5 Å². The number of benzene rings is 3. The van der Waals surface area contributed by atoms with Gasteiger partial charge in [-0.3, -0.25) is 4.79 Å². The number of nitrogens with zero attached hydrogens (tertiary/aromatic N) is 3. The van der Waals surface area contributed by atoms with Gasteiger partial charge in [-0.2, -0.15) is 0 Å². The lowest BCUT2D eigenvalue weighted by Crippen LogP contribution is -2.39. The summed E-state index contributed by atoms with van der Waals surface area (Å²) in [5.74, 6) is 1.46. The van der Waals surface area contributed by atoms with Crippen LogP contribution in [0.5, 0.6) is 5.75 Å². The van der Waals surface area contributed by atoms with Crippen molar-refractivity contribution in [1.82, 2.24) is 9.97 Å². The first-order valence-electron chi connectivity index (χ1n) is 11.6. The van der Waals surface area contributed by atoms with E-state index < -0.39 is 0 Å². The molecule has 3 aromatic carbocycles. The van der Waals surface area contributed by atoms with E-state index in [4.69, 9.17) is 14.7 Å². The smallest absolute Gasteiger partial charge is 0.227 e. The Kier molecular flexibility index (Phi) is 6.12. The van der Waals surface area contributed by atoms with E-state index in [1.54, 1.807) is 7.11 Å². The molecule has 5 rings (SSSR count). The second-order valence-electron chi connectivity index (χ2n) is 8.74. The SMILES string of the molecule is COc1cccc(NC(=O)C2CCN(c3nc(-c4ccccc4)c4cc(C)ccc4n3)CC2)c1. The first kappa shape index (κ1) is 21.9. The Bertz CT molecular complexity index is 1310. The zero-order chi connectivity index (χ0) is 23.5. The number of anilines is 2. The van der Waals surface area contributed by atoms with Gasteiger partial charge in [0.05, 0.1) is 18.3 Å². The molecular weight excluding hydrogens is 424 g/mol. The largest absolute Gasteiger partial charge is 0.497 e. The number of fused-ring (bicyclic) bond motifs is 1. The lowest BCUT2D eigenvalue weighted by atomic mass is 9.96. The molecule has 1 saturated heterocycles. The number of hydrogen-bond acceptors (Lipinski definition) is 5. The second-order valence-corrected chi connectivity index (χ2v) is 8.74. The molecule has 0 saturated carbocycles. The number of nitrogens with one attached hydrogen (secondary N) is 1. The molecule has 6 heteroatoms. The van der Waals surface area contributed by atoms with Crippen LogP contribution in [0, 0.1) is 12.8 Å². The number of amides is 1. The molecule has 1 aliphatic heterocycles. The molecule has 1 fully saturated rings. The van der Waals surface area contributed by atoms with E-state index in [9.17, 15) is 4.79 Å². The van der Waals surface area contributed by atoms with Crippen LogP contribution in [0.25, 0.3) is 22.2 Å². The van der Waals surface area contributed by atoms with Gasteiger partial charge in [0.25, 0.3) is 0 Å². The summed E-state index contributed by atoms with van der Waals surface area (Å²) in [6.45, 7) is 3.56. The summed E-state index contributed by atoms with van der Waals surface area (Å²) in [5, 5.41) is 4.09. The van der Waals surface area contributed by atoms with Gasteiger partial charge in [-0.05, 0) is 44.0 Å². The van der Waals surface area contributed by atoms with Crippen LogP contribution >= 0.6 is 0 Å². The molecular formula is C28H28N4O2. The third-order valence-electron chi connectivity index (χ3n) is 6.37. The normalized spacial score (nSPS) is 14.2. The Morgan fingerprint density at radius 1 is 0.971 bits per heavy atom. The topological polar surface area (TPSA) is 67.3 Å². The van der Waals surface area contributed by atoms with Crippen LogP contribution in [0.3, 0.4) is 0 Å². The summed E-state index contributed by atoms with van der Waals surface area (Å²) < 4.78 is 5.25. The van der Waals surface area contributed by atoms with Crippen LogP contribution in [-0.2, 0) is 4.79 Å². The van der Waals surface area contributed by atoms with Gasteiger partial charge in [0, 0.05) is 41.7 Å². The fraction of sp³-hybridized carbons (Fsp3) is 0.250. The number of methoxy groups -OCH3 is 1. The number of hydrogen-bond donors (Lipinski definition) is 1. The predicted octanol–water partition coefficient (Wildman–Crippen LogP) is 5.47. The molecule has 0 unspecified atom stereocenters. The van der Waals surface area contributed by atoms with E-state index >= 15 is 0 Å². The summed E-state index contributed by atoms with van der Waals surface area (Å²) >= 11 is 0. The first-order valence-corrected chi connectivity index (χ1v) is 11.6. The highest BCUT2D eigenvalue weighted by atomic mass is 16.5. The Morgan fingerprint density at radius 2 is 1.76 bits per heavy atom. The molecule has 0 spiro atoms. The lowest BCUT2D eigenvalue weighted by Gasteiger charge is -2.31. The fourth-order valence-electron chi connectivity index (χ4n) is 4.47. The van der Waals surface area contributed by atoms with Crippen molar-refractivity contribution in [2.24, 2.45) is 5.92 Å². The van der Waals surface area contributed by atoms with Crippen molar-refractivity contribution in [3.8, 4) is 17.0 Å². The average molecular weight is 453 g/mol. The van der Waals surface area contributed by atoms with Gasteiger partial charge < -0.3 is 15.0 Å². The molecule has 172 valence electrons. The monoisotopic (exact) mass is 452 g/mol. The molecule has 0 aliphatic carbocycles. The van der Waals surface area contributed by atoms with Crippen LogP contribution in [0.1, 0.15) is 18.4 Å².